The number of rotatable bonds is 7. The van der Waals surface area contributed by atoms with Gasteiger partial charge in [0.15, 0.2) is 11.5 Å². The maximum Gasteiger partial charge on any atom is 0.270 e. The maximum atomic E-state index is 13.8. The number of hydrogen-bond acceptors (Lipinski definition) is 5. The molecule has 0 saturated heterocycles. The van der Waals surface area contributed by atoms with E-state index in [1.165, 1.54) is 31.4 Å². The van der Waals surface area contributed by atoms with Gasteiger partial charge in [0.1, 0.15) is 12.4 Å². The van der Waals surface area contributed by atoms with Gasteiger partial charge >= 0.3 is 0 Å². The maximum absolute atomic E-state index is 13.8. The van der Waals surface area contributed by atoms with E-state index in [-0.39, 0.29) is 23.7 Å². The van der Waals surface area contributed by atoms with Crippen molar-refractivity contribution >= 4 is 17.3 Å². The summed E-state index contributed by atoms with van der Waals surface area (Å²) in [6.07, 6.45) is 1.60. The molecule has 0 unspecified atom stereocenters. The number of ether oxygens (including phenoxy) is 2. The van der Waals surface area contributed by atoms with Gasteiger partial charge in [-0.25, -0.2) is 4.39 Å². The standard InChI is InChI=1S/C23H17FN2O4/c1-29-23-12-16(9-10-22(23)30-15-18-5-2-3-8-21(18)24)11-19(14-25)17-6-4-7-20(13-17)26(27)28/h2-13H,15H2,1H3. The predicted molar refractivity (Wildman–Crippen MR) is 110 cm³/mol. The number of benzene rings is 3. The summed E-state index contributed by atoms with van der Waals surface area (Å²) in [7, 11) is 1.48. The second-order valence-electron chi connectivity index (χ2n) is 6.27. The summed E-state index contributed by atoms with van der Waals surface area (Å²) in [4.78, 5) is 10.5. The first kappa shape index (κ1) is 20.6. The van der Waals surface area contributed by atoms with Crippen molar-refractivity contribution in [1.82, 2.24) is 0 Å². The Morgan fingerprint density at radius 2 is 1.93 bits per heavy atom. The third kappa shape index (κ3) is 4.80. The minimum Gasteiger partial charge on any atom is -0.493 e. The van der Waals surface area contributed by atoms with Crippen LogP contribution in [0.4, 0.5) is 10.1 Å². The van der Waals surface area contributed by atoms with Crippen LogP contribution in [-0.2, 0) is 6.61 Å². The molecular weight excluding hydrogens is 387 g/mol. The number of allylic oxidation sites excluding steroid dienone is 1. The Morgan fingerprint density at radius 3 is 2.63 bits per heavy atom. The van der Waals surface area contributed by atoms with Gasteiger partial charge < -0.3 is 9.47 Å². The minimum absolute atomic E-state index is 0.0371. The molecule has 3 aromatic carbocycles. The Bertz CT molecular complexity index is 1150. The van der Waals surface area contributed by atoms with Gasteiger partial charge in [-0.15, -0.1) is 0 Å². The van der Waals surface area contributed by atoms with Crippen LogP contribution in [0.15, 0.2) is 66.7 Å². The van der Waals surface area contributed by atoms with Crippen molar-refractivity contribution in [3.63, 3.8) is 0 Å². The normalized spacial score (nSPS) is 10.9. The smallest absolute Gasteiger partial charge is 0.270 e. The van der Waals surface area contributed by atoms with E-state index in [9.17, 15) is 19.8 Å². The first-order valence-electron chi connectivity index (χ1n) is 8.92. The Hall–Kier alpha value is -4.18. The van der Waals surface area contributed by atoms with E-state index in [1.54, 1.807) is 48.5 Å². The van der Waals surface area contributed by atoms with E-state index in [0.29, 0.717) is 28.2 Å². The highest BCUT2D eigenvalue weighted by molar-refractivity contribution is 5.90. The number of methoxy groups -OCH3 is 1. The number of nitro benzene ring substituents is 1. The molecule has 0 aromatic heterocycles. The number of non-ortho nitro benzene ring substituents is 1. The quantitative estimate of drug-likeness (QED) is 0.228. The minimum atomic E-state index is -0.511. The molecule has 3 aromatic rings. The molecule has 0 amide bonds. The zero-order chi connectivity index (χ0) is 21.5. The SMILES string of the molecule is COc1cc(C=C(C#N)c2cccc([N+](=O)[O-])c2)ccc1OCc1ccccc1F. The van der Waals surface area contributed by atoms with Crippen molar-refractivity contribution in [2.45, 2.75) is 6.61 Å². The van der Waals surface area contributed by atoms with Crippen LogP contribution in [0.1, 0.15) is 16.7 Å². The highest BCUT2D eigenvalue weighted by atomic mass is 19.1. The third-order valence-electron chi connectivity index (χ3n) is 4.33. The summed E-state index contributed by atoms with van der Waals surface area (Å²) < 4.78 is 24.8. The van der Waals surface area contributed by atoms with Crippen molar-refractivity contribution in [2.24, 2.45) is 0 Å². The van der Waals surface area contributed by atoms with Gasteiger partial charge in [0.05, 0.1) is 23.7 Å². The van der Waals surface area contributed by atoms with Crippen LogP contribution in [0.2, 0.25) is 0 Å². The van der Waals surface area contributed by atoms with E-state index in [2.05, 4.69) is 6.07 Å². The fourth-order valence-electron chi connectivity index (χ4n) is 2.80. The summed E-state index contributed by atoms with van der Waals surface area (Å²) >= 11 is 0. The number of hydrogen-bond donors (Lipinski definition) is 0. The molecule has 0 aliphatic heterocycles. The largest absolute Gasteiger partial charge is 0.493 e. The summed E-state index contributed by atoms with van der Waals surface area (Å²) in [5.74, 6) is 0.481. The van der Waals surface area contributed by atoms with E-state index in [1.807, 2.05) is 0 Å². The predicted octanol–water partition coefficient (Wildman–Crippen LogP) is 5.39. The average molecular weight is 404 g/mol. The Kier molecular flexibility index (Phi) is 6.40. The topological polar surface area (TPSA) is 85.4 Å². The van der Waals surface area contributed by atoms with E-state index >= 15 is 0 Å². The lowest BCUT2D eigenvalue weighted by Gasteiger charge is -2.12. The van der Waals surface area contributed by atoms with Crippen molar-refractivity contribution in [2.75, 3.05) is 7.11 Å². The Morgan fingerprint density at radius 1 is 1.13 bits per heavy atom. The van der Waals surface area contributed by atoms with Crippen LogP contribution in [0.5, 0.6) is 11.5 Å². The van der Waals surface area contributed by atoms with Crippen molar-refractivity contribution in [1.29, 1.82) is 5.26 Å². The monoisotopic (exact) mass is 404 g/mol. The van der Waals surface area contributed by atoms with Crippen LogP contribution in [-0.4, -0.2) is 12.0 Å². The van der Waals surface area contributed by atoms with Gasteiger partial charge in [0.2, 0.25) is 0 Å². The molecule has 6 nitrogen and oxygen atoms in total. The number of halogens is 1. The molecule has 0 aliphatic rings. The van der Waals surface area contributed by atoms with Crippen LogP contribution >= 0.6 is 0 Å². The molecule has 0 heterocycles. The number of nitrogens with zero attached hydrogens (tertiary/aromatic N) is 2. The zero-order valence-corrected chi connectivity index (χ0v) is 16.0. The first-order valence-corrected chi connectivity index (χ1v) is 8.92. The second kappa shape index (κ2) is 9.34. The molecule has 0 N–H and O–H groups in total. The van der Waals surface area contributed by atoms with E-state index < -0.39 is 4.92 Å². The van der Waals surface area contributed by atoms with Crippen molar-refractivity contribution in [3.05, 3.63) is 99.4 Å². The van der Waals surface area contributed by atoms with Gasteiger partial charge in [-0.1, -0.05) is 36.4 Å². The van der Waals surface area contributed by atoms with Crippen LogP contribution in [0, 0.1) is 27.3 Å². The number of nitro groups is 1. The Labute approximate surface area is 172 Å². The van der Waals surface area contributed by atoms with Crippen LogP contribution < -0.4 is 9.47 Å². The molecule has 3 rings (SSSR count). The van der Waals surface area contributed by atoms with Gasteiger partial charge in [0.25, 0.3) is 5.69 Å². The summed E-state index contributed by atoms with van der Waals surface area (Å²) in [5.41, 5.74) is 1.67. The van der Waals surface area contributed by atoms with Crippen molar-refractivity contribution in [3.8, 4) is 17.6 Å². The van der Waals surface area contributed by atoms with E-state index in [4.69, 9.17) is 9.47 Å². The summed E-state index contributed by atoms with van der Waals surface area (Å²) in [6.45, 7) is 0.0371. The molecule has 0 saturated carbocycles. The van der Waals surface area contributed by atoms with Gasteiger partial charge in [-0.05, 0) is 35.4 Å². The third-order valence-corrected chi connectivity index (χ3v) is 4.33. The van der Waals surface area contributed by atoms with Crippen LogP contribution in [0.3, 0.4) is 0 Å². The first-order chi connectivity index (χ1) is 14.5. The molecule has 0 spiro atoms. The molecule has 0 aliphatic carbocycles. The van der Waals surface area contributed by atoms with Crippen molar-refractivity contribution < 1.29 is 18.8 Å². The lowest BCUT2D eigenvalue weighted by molar-refractivity contribution is -0.384. The highest BCUT2D eigenvalue weighted by Gasteiger charge is 2.11. The molecule has 0 fully saturated rings. The second-order valence-corrected chi connectivity index (χ2v) is 6.27. The number of nitriles is 1. The summed E-state index contributed by atoms with van der Waals surface area (Å²) in [6, 6.07) is 19.3. The molecule has 150 valence electrons. The molecule has 0 bridgehead atoms. The lowest BCUT2D eigenvalue weighted by atomic mass is 10.0. The zero-order valence-electron chi connectivity index (χ0n) is 16.0. The highest BCUT2D eigenvalue weighted by Crippen LogP contribution is 2.31. The molecule has 30 heavy (non-hydrogen) atoms. The molecular formula is C23H17FN2O4. The fraction of sp³-hybridized carbons (Fsp3) is 0.0870. The molecule has 0 atom stereocenters. The average Bonchev–Trinajstić information content (AvgIpc) is 2.77. The van der Waals surface area contributed by atoms with Gasteiger partial charge in [-0.2, -0.15) is 5.26 Å². The molecule has 0 radical (unpaired) electrons. The fourth-order valence-corrected chi connectivity index (χ4v) is 2.80. The molecule has 7 heteroatoms. The van der Waals surface area contributed by atoms with Gasteiger partial charge in [-0.3, -0.25) is 10.1 Å². The van der Waals surface area contributed by atoms with E-state index in [0.717, 1.165) is 0 Å². The van der Waals surface area contributed by atoms with Crippen LogP contribution in [0.25, 0.3) is 11.6 Å². The summed E-state index contributed by atoms with van der Waals surface area (Å²) in [5, 5.41) is 20.5. The van der Waals surface area contributed by atoms with Gasteiger partial charge in [0, 0.05) is 17.7 Å². The lowest BCUT2D eigenvalue weighted by Crippen LogP contribution is -2.00. The Balaban J connectivity index is 1.86.